The molecule has 0 saturated carbocycles. The van der Waals surface area contributed by atoms with Crippen LogP contribution in [0.2, 0.25) is 0 Å². The first-order valence-corrected chi connectivity index (χ1v) is 10.6. The van der Waals surface area contributed by atoms with Crippen molar-refractivity contribution in [2.24, 2.45) is 11.8 Å². The lowest BCUT2D eigenvalue weighted by Crippen LogP contribution is -2.39. The van der Waals surface area contributed by atoms with Crippen LogP contribution in [0.3, 0.4) is 0 Å². The molecule has 3 rings (SSSR count). The fraction of sp³-hybridized carbons (Fsp3) is 0.450. The van der Waals surface area contributed by atoms with E-state index in [0.717, 1.165) is 18.9 Å². The maximum absolute atomic E-state index is 13.0. The molecule has 2 aromatic rings. The predicted octanol–water partition coefficient (Wildman–Crippen LogP) is 3.78. The summed E-state index contributed by atoms with van der Waals surface area (Å²) in [7, 11) is -3.62. The molecule has 1 saturated heterocycles. The molecule has 2 unspecified atom stereocenters. The molecule has 1 aromatic heterocycles. The second-order valence-corrected chi connectivity index (χ2v) is 9.07. The number of aromatic nitrogens is 1. The summed E-state index contributed by atoms with van der Waals surface area (Å²) in [6, 6.07) is 12.7. The number of nitrogens with zero attached hydrogens (tertiary/aromatic N) is 3. The lowest BCUT2D eigenvalue weighted by atomic mass is 9.92. The van der Waals surface area contributed by atoms with E-state index in [-0.39, 0.29) is 4.90 Å². The second-order valence-electron chi connectivity index (χ2n) is 7.21. The molecule has 1 aromatic carbocycles. The molecule has 1 aliphatic heterocycles. The Hall–Kier alpha value is -2.08. The number of para-hydroxylation sites is 1. The Kier molecular flexibility index (Phi) is 5.51. The van der Waals surface area contributed by atoms with Crippen molar-refractivity contribution in [1.82, 2.24) is 4.98 Å². The molecular formula is C20H27N3O2S. The van der Waals surface area contributed by atoms with Crippen molar-refractivity contribution >= 4 is 21.5 Å². The molecule has 0 N–H and O–H groups in total. The Morgan fingerprint density at radius 2 is 1.73 bits per heavy atom. The average molecular weight is 374 g/mol. The summed E-state index contributed by atoms with van der Waals surface area (Å²) >= 11 is 0. The number of sulfonamides is 1. The molecule has 0 aliphatic carbocycles. The highest BCUT2D eigenvalue weighted by Gasteiger charge is 2.26. The van der Waals surface area contributed by atoms with Crippen molar-refractivity contribution in [2.45, 2.75) is 32.1 Å². The summed E-state index contributed by atoms with van der Waals surface area (Å²) in [5.74, 6) is 2.10. The zero-order valence-electron chi connectivity index (χ0n) is 15.7. The van der Waals surface area contributed by atoms with Gasteiger partial charge in [0.1, 0.15) is 10.7 Å². The summed E-state index contributed by atoms with van der Waals surface area (Å²) in [4.78, 5) is 6.95. The summed E-state index contributed by atoms with van der Waals surface area (Å²) < 4.78 is 27.5. The molecule has 0 amide bonds. The SMILES string of the molecule is CCN(c1ccccc1)S(=O)(=O)c1ccc(N2CC(C)CC(C)C2)nc1. The van der Waals surface area contributed by atoms with Crippen LogP contribution in [0.4, 0.5) is 11.5 Å². The van der Waals surface area contributed by atoms with Gasteiger partial charge >= 0.3 is 0 Å². The first-order chi connectivity index (χ1) is 12.4. The van der Waals surface area contributed by atoms with E-state index < -0.39 is 10.0 Å². The first kappa shape index (κ1) is 18.7. The van der Waals surface area contributed by atoms with Crippen LogP contribution >= 0.6 is 0 Å². The molecule has 5 nitrogen and oxygen atoms in total. The molecule has 2 atom stereocenters. The van der Waals surface area contributed by atoms with Gasteiger partial charge in [-0.1, -0.05) is 32.0 Å². The van der Waals surface area contributed by atoms with Gasteiger partial charge in [0.15, 0.2) is 0 Å². The molecule has 1 aliphatic rings. The van der Waals surface area contributed by atoms with Crippen LogP contribution in [0.5, 0.6) is 0 Å². The number of anilines is 2. The molecular weight excluding hydrogens is 346 g/mol. The highest BCUT2D eigenvalue weighted by molar-refractivity contribution is 7.92. The van der Waals surface area contributed by atoms with Gasteiger partial charge in [0, 0.05) is 25.8 Å². The van der Waals surface area contributed by atoms with Crippen LogP contribution in [0.15, 0.2) is 53.6 Å². The van der Waals surface area contributed by atoms with E-state index >= 15 is 0 Å². The normalized spacial score (nSPS) is 20.8. The van der Waals surface area contributed by atoms with Gasteiger partial charge in [0.25, 0.3) is 10.0 Å². The van der Waals surface area contributed by atoms with Gasteiger partial charge in [-0.05, 0) is 49.4 Å². The van der Waals surface area contributed by atoms with Gasteiger partial charge in [-0.3, -0.25) is 4.31 Å². The van der Waals surface area contributed by atoms with E-state index in [1.165, 1.54) is 16.9 Å². The fourth-order valence-corrected chi connectivity index (χ4v) is 5.19. The van der Waals surface area contributed by atoms with Crippen LogP contribution in [-0.4, -0.2) is 33.0 Å². The van der Waals surface area contributed by atoms with Gasteiger partial charge in [0.05, 0.1) is 5.69 Å². The van der Waals surface area contributed by atoms with Gasteiger partial charge in [-0.2, -0.15) is 0 Å². The maximum Gasteiger partial charge on any atom is 0.265 e. The molecule has 0 radical (unpaired) electrons. The van der Waals surface area contributed by atoms with Crippen molar-refractivity contribution in [2.75, 3.05) is 28.8 Å². The highest BCUT2D eigenvalue weighted by Crippen LogP contribution is 2.27. The molecule has 0 bridgehead atoms. The van der Waals surface area contributed by atoms with Crippen LogP contribution in [0.1, 0.15) is 27.2 Å². The Balaban J connectivity index is 1.85. The van der Waals surface area contributed by atoms with Crippen molar-refractivity contribution in [3.63, 3.8) is 0 Å². The van der Waals surface area contributed by atoms with E-state index in [4.69, 9.17) is 0 Å². The average Bonchev–Trinajstić information content (AvgIpc) is 2.62. The van der Waals surface area contributed by atoms with E-state index in [0.29, 0.717) is 24.1 Å². The minimum absolute atomic E-state index is 0.227. The van der Waals surface area contributed by atoms with Crippen molar-refractivity contribution < 1.29 is 8.42 Å². The van der Waals surface area contributed by atoms with Crippen LogP contribution < -0.4 is 9.21 Å². The zero-order chi connectivity index (χ0) is 18.7. The van der Waals surface area contributed by atoms with E-state index in [1.807, 2.05) is 31.2 Å². The van der Waals surface area contributed by atoms with Crippen LogP contribution in [-0.2, 0) is 10.0 Å². The summed E-state index contributed by atoms with van der Waals surface area (Å²) in [6.45, 7) is 8.64. The first-order valence-electron chi connectivity index (χ1n) is 9.20. The number of pyridine rings is 1. The van der Waals surface area contributed by atoms with Gasteiger partial charge in [0.2, 0.25) is 0 Å². The van der Waals surface area contributed by atoms with Gasteiger partial charge in [-0.15, -0.1) is 0 Å². The Labute approximate surface area is 156 Å². The maximum atomic E-state index is 13.0. The van der Waals surface area contributed by atoms with E-state index in [2.05, 4.69) is 23.7 Å². The van der Waals surface area contributed by atoms with Crippen LogP contribution in [0, 0.1) is 11.8 Å². The van der Waals surface area contributed by atoms with Crippen molar-refractivity contribution in [3.8, 4) is 0 Å². The van der Waals surface area contributed by atoms with E-state index in [1.54, 1.807) is 18.2 Å². The third kappa shape index (κ3) is 3.85. The highest BCUT2D eigenvalue weighted by atomic mass is 32.2. The summed E-state index contributed by atoms with van der Waals surface area (Å²) in [6.07, 6.45) is 2.71. The predicted molar refractivity (Wildman–Crippen MR) is 106 cm³/mol. The Bertz CT molecular complexity index is 812. The quantitative estimate of drug-likeness (QED) is 0.800. The van der Waals surface area contributed by atoms with Crippen molar-refractivity contribution in [1.29, 1.82) is 0 Å². The lowest BCUT2D eigenvalue weighted by Gasteiger charge is -2.35. The fourth-order valence-electron chi connectivity index (χ4n) is 3.77. The summed E-state index contributed by atoms with van der Waals surface area (Å²) in [5, 5.41) is 0. The Morgan fingerprint density at radius 3 is 2.27 bits per heavy atom. The molecule has 1 fully saturated rings. The smallest absolute Gasteiger partial charge is 0.265 e. The number of benzene rings is 1. The lowest BCUT2D eigenvalue weighted by molar-refractivity contribution is 0.355. The minimum atomic E-state index is -3.62. The van der Waals surface area contributed by atoms with Gasteiger partial charge in [-0.25, -0.2) is 13.4 Å². The number of piperidine rings is 1. The monoisotopic (exact) mass is 373 g/mol. The topological polar surface area (TPSA) is 53.5 Å². The number of hydrogen-bond donors (Lipinski definition) is 0. The molecule has 0 spiro atoms. The summed E-state index contributed by atoms with van der Waals surface area (Å²) in [5.41, 5.74) is 0.665. The Morgan fingerprint density at radius 1 is 1.08 bits per heavy atom. The molecule has 2 heterocycles. The van der Waals surface area contributed by atoms with E-state index in [9.17, 15) is 8.42 Å². The second kappa shape index (κ2) is 7.66. The molecule has 26 heavy (non-hydrogen) atoms. The minimum Gasteiger partial charge on any atom is -0.356 e. The zero-order valence-corrected chi connectivity index (χ0v) is 16.5. The molecule has 140 valence electrons. The third-order valence-corrected chi connectivity index (χ3v) is 6.72. The van der Waals surface area contributed by atoms with Crippen molar-refractivity contribution in [3.05, 3.63) is 48.7 Å². The van der Waals surface area contributed by atoms with Gasteiger partial charge < -0.3 is 4.90 Å². The number of hydrogen-bond acceptors (Lipinski definition) is 4. The third-order valence-electron chi connectivity index (χ3n) is 4.83. The van der Waals surface area contributed by atoms with Crippen LogP contribution in [0.25, 0.3) is 0 Å². The molecule has 6 heteroatoms. The standard InChI is InChI=1S/C20H27N3O2S/c1-4-23(18-8-6-5-7-9-18)26(24,25)19-10-11-20(21-13-19)22-14-16(2)12-17(3)15-22/h5-11,13,16-17H,4,12,14-15H2,1-3H3. The number of rotatable bonds is 5. The largest absolute Gasteiger partial charge is 0.356 e.